The highest BCUT2D eigenvalue weighted by Crippen LogP contribution is 2.22. The third kappa shape index (κ3) is 4.21. The highest BCUT2D eigenvalue weighted by molar-refractivity contribution is 9.09. The van der Waals surface area contributed by atoms with E-state index in [2.05, 4.69) is 73.1 Å². The maximum atomic E-state index is 3.41. The lowest BCUT2D eigenvalue weighted by Gasteiger charge is -2.18. The minimum atomic E-state index is 0.248. The first kappa shape index (κ1) is 12.5. The normalized spacial score (nSPS) is 12.3. The molecule has 0 spiro atoms. The summed E-state index contributed by atoms with van der Waals surface area (Å²) in [5.74, 6) is 0. The summed E-state index contributed by atoms with van der Waals surface area (Å²) >= 11 is 3.41. The smallest absolute Gasteiger partial charge is 0.00660 e. The summed E-state index contributed by atoms with van der Waals surface area (Å²) in [7, 11) is 0. The van der Waals surface area contributed by atoms with Crippen molar-refractivity contribution in [3.8, 4) is 0 Å². The van der Waals surface area contributed by atoms with Crippen molar-refractivity contribution in [1.82, 2.24) is 0 Å². The minimum Gasteiger partial charge on any atom is -0.0925 e. The van der Waals surface area contributed by atoms with Gasteiger partial charge in [-0.05, 0) is 23.0 Å². The molecule has 1 rings (SSSR count). The summed E-state index contributed by atoms with van der Waals surface area (Å²) in [4.78, 5) is 0. The standard InChI is InChI=1S/C14H19Br/c1-14(2,3)13-9-7-12(8-10-13)6-4-5-11-15/h4,6-10H,5,11H2,1-3H3. The van der Waals surface area contributed by atoms with E-state index in [9.17, 15) is 0 Å². The zero-order chi connectivity index (χ0) is 11.3. The molecule has 0 aliphatic heterocycles. The molecule has 0 fully saturated rings. The fourth-order valence-electron chi connectivity index (χ4n) is 1.38. The lowest BCUT2D eigenvalue weighted by Crippen LogP contribution is -2.10. The molecular weight excluding hydrogens is 248 g/mol. The van der Waals surface area contributed by atoms with Gasteiger partial charge >= 0.3 is 0 Å². The quantitative estimate of drug-likeness (QED) is 0.691. The fraction of sp³-hybridized carbons (Fsp3) is 0.429. The van der Waals surface area contributed by atoms with Crippen molar-refractivity contribution < 1.29 is 0 Å². The van der Waals surface area contributed by atoms with Crippen molar-refractivity contribution in [2.24, 2.45) is 0 Å². The van der Waals surface area contributed by atoms with Crippen molar-refractivity contribution >= 4 is 22.0 Å². The van der Waals surface area contributed by atoms with Crippen LogP contribution in [0, 0.1) is 0 Å². The second-order valence-electron chi connectivity index (χ2n) is 4.75. The first-order valence-electron chi connectivity index (χ1n) is 5.37. The van der Waals surface area contributed by atoms with Gasteiger partial charge in [-0.2, -0.15) is 0 Å². The summed E-state index contributed by atoms with van der Waals surface area (Å²) in [6, 6.07) is 8.80. The Morgan fingerprint density at radius 1 is 1.13 bits per heavy atom. The van der Waals surface area contributed by atoms with Crippen LogP contribution in [-0.4, -0.2) is 5.33 Å². The molecule has 1 aromatic rings. The Morgan fingerprint density at radius 3 is 2.20 bits per heavy atom. The zero-order valence-corrected chi connectivity index (χ0v) is 11.3. The van der Waals surface area contributed by atoms with Crippen molar-refractivity contribution in [2.45, 2.75) is 32.6 Å². The molecule has 0 bridgehead atoms. The molecule has 0 amide bonds. The number of halogens is 1. The van der Waals surface area contributed by atoms with Gasteiger partial charge < -0.3 is 0 Å². The van der Waals surface area contributed by atoms with Crippen LogP contribution in [0.5, 0.6) is 0 Å². The number of rotatable bonds is 3. The maximum Gasteiger partial charge on any atom is 0.00660 e. The average molecular weight is 267 g/mol. The Balaban J connectivity index is 2.73. The van der Waals surface area contributed by atoms with Crippen LogP contribution in [0.1, 0.15) is 38.3 Å². The molecule has 0 aromatic heterocycles. The lowest BCUT2D eigenvalue weighted by molar-refractivity contribution is 0.590. The van der Waals surface area contributed by atoms with E-state index in [1.807, 2.05) is 0 Å². The van der Waals surface area contributed by atoms with Crippen LogP contribution in [0.2, 0.25) is 0 Å². The highest BCUT2D eigenvalue weighted by Gasteiger charge is 2.12. The zero-order valence-electron chi connectivity index (χ0n) is 9.76. The highest BCUT2D eigenvalue weighted by atomic mass is 79.9. The SMILES string of the molecule is CC(C)(C)c1ccc(C=CCCBr)cc1. The largest absolute Gasteiger partial charge is 0.0925 e. The van der Waals surface area contributed by atoms with Crippen LogP contribution in [0.25, 0.3) is 6.08 Å². The van der Waals surface area contributed by atoms with Crippen molar-refractivity contribution in [3.05, 3.63) is 41.5 Å². The van der Waals surface area contributed by atoms with Gasteiger partial charge in [0.2, 0.25) is 0 Å². The molecule has 0 heterocycles. The third-order valence-electron chi connectivity index (χ3n) is 2.36. The van der Waals surface area contributed by atoms with E-state index in [-0.39, 0.29) is 5.41 Å². The van der Waals surface area contributed by atoms with E-state index in [0.29, 0.717) is 0 Å². The number of benzene rings is 1. The molecule has 15 heavy (non-hydrogen) atoms. The van der Waals surface area contributed by atoms with E-state index in [1.165, 1.54) is 11.1 Å². The molecule has 0 saturated carbocycles. The number of alkyl halides is 1. The maximum absolute atomic E-state index is 3.41. The Labute approximate surface area is 102 Å². The summed E-state index contributed by atoms with van der Waals surface area (Å²) < 4.78 is 0. The van der Waals surface area contributed by atoms with Gasteiger partial charge in [0.15, 0.2) is 0 Å². The number of allylic oxidation sites excluding steroid dienone is 1. The molecule has 82 valence electrons. The van der Waals surface area contributed by atoms with Crippen LogP contribution in [-0.2, 0) is 5.41 Å². The van der Waals surface area contributed by atoms with Gasteiger partial charge in [-0.1, -0.05) is 73.1 Å². The first-order valence-corrected chi connectivity index (χ1v) is 6.49. The molecule has 0 radical (unpaired) electrons. The lowest BCUT2D eigenvalue weighted by atomic mass is 9.87. The monoisotopic (exact) mass is 266 g/mol. The van der Waals surface area contributed by atoms with Crippen LogP contribution < -0.4 is 0 Å². The van der Waals surface area contributed by atoms with Crippen molar-refractivity contribution in [1.29, 1.82) is 0 Å². The topological polar surface area (TPSA) is 0 Å². The van der Waals surface area contributed by atoms with E-state index < -0.39 is 0 Å². The van der Waals surface area contributed by atoms with E-state index in [0.717, 1.165) is 11.8 Å². The summed E-state index contributed by atoms with van der Waals surface area (Å²) in [5, 5.41) is 1.03. The van der Waals surface area contributed by atoms with Crippen molar-refractivity contribution in [3.63, 3.8) is 0 Å². The van der Waals surface area contributed by atoms with Gasteiger partial charge in [0.1, 0.15) is 0 Å². The van der Waals surface area contributed by atoms with Gasteiger partial charge in [-0.15, -0.1) is 0 Å². The van der Waals surface area contributed by atoms with E-state index >= 15 is 0 Å². The third-order valence-corrected chi connectivity index (χ3v) is 2.82. The molecule has 0 aliphatic rings. The predicted molar refractivity (Wildman–Crippen MR) is 72.6 cm³/mol. The number of hydrogen-bond donors (Lipinski definition) is 0. The van der Waals surface area contributed by atoms with Crippen molar-refractivity contribution in [2.75, 3.05) is 5.33 Å². The first-order chi connectivity index (χ1) is 7.04. The Hall–Kier alpha value is -0.560. The summed E-state index contributed by atoms with van der Waals surface area (Å²) in [6.45, 7) is 6.72. The second kappa shape index (κ2) is 5.50. The van der Waals surface area contributed by atoms with Crippen LogP contribution in [0.4, 0.5) is 0 Å². The average Bonchev–Trinajstić information content (AvgIpc) is 2.18. The summed E-state index contributed by atoms with van der Waals surface area (Å²) in [6.07, 6.45) is 5.45. The summed E-state index contributed by atoms with van der Waals surface area (Å²) in [5.41, 5.74) is 2.92. The molecule has 0 saturated heterocycles. The van der Waals surface area contributed by atoms with Gasteiger partial charge in [0.25, 0.3) is 0 Å². The van der Waals surface area contributed by atoms with Crippen LogP contribution in [0.15, 0.2) is 30.3 Å². The van der Waals surface area contributed by atoms with Crippen LogP contribution in [0.3, 0.4) is 0 Å². The molecule has 0 unspecified atom stereocenters. The van der Waals surface area contributed by atoms with E-state index in [4.69, 9.17) is 0 Å². The predicted octanol–water partition coefficient (Wildman–Crippen LogP) is 4.78. The van der Waals surface area contributed by atoms with Gasteiger partial charge in [-0.3, -0.25) is 0 Å². The van der Waals surface area contributed by atoms with Gasteiger partial charge in [0.05, 0.1) is 0 Å². The molecule has 0 nitrogen and oxygen atoms in total. The van der Waals surface area contributed by atoms with Gasteiger partial charge in [-0.25, -0.2) is 0 Å². The fourth-order valence-corrected chi connectivity index (χ4v) is 1.64. The molecule has 0 N–H and O–H groups in total. The van der Waals surface area contributed by atoms with Crippen LogP contribution >= 0.6 is 15.9 Å². The minimum absolute atomic E-state index is 0.248. The molecule has 0 aliphatic carbocycles. The molecule has 1 heteroatoms. The number of hydrogen-bond acceptors (Lipinski definition) is 0. The molecule has 1 aromatic carbocycles. The van der Waals surface area contributed by atoms with Gasteiger partial charge in [0, 0.05) is 5.33 Å². The molecule has 0 atom stereocenters. The van der Waals surface area contributed by atoms with E-state index in [1.54, 1.807) is 0 Å². The molecular formula is C14H19Br. The Morgan fingerprint density at radius 2 is 1.73 bits per heavy atom. The Bertz CT molecular complexity index is 314. The Kier molecular flexibility index (Phi) is 4.59. The second-order valence-corrected chi connectivity index (χ2v) is 5.55.